The van der Waals surface area contributed by atoms with Crippen molar-refractivity contribution in [1.82, 2.24) is 4.57 Å². The van der Waals surface area contributed by atoms with Crippen molar-refractivity contribution >= 4 is 11.7 Å². The predicted molar refractivity (Wildman–Crippen MR) is 104 cm³/mol. The van der Waals surface area contributed by atoms with E-state index in [1.54, 1.807) is 11.6 Å². The largest absolute Gasteiger partial charge is 0.477 e. The molecular formula is C22H26N2O2. The van der Waals surface area contributed by atoms with Gasteiger partial charge in [-0.05, 0) is 29.9 Å². The van der Waals surface area contributed by atoms with Crippen molar-refractivity contribution in [3.63, 3.8) is 0 Å². The number of nitrogens with zero attached hydrogens (tertiary/aromatic N) is 2. The van der Waals surface area contributed by atoms with Gasteiger partial charge in [-0.1, -0.05) is 63.3 Å². The van der Waals surface area contributed by atoms with Crippen molar-refractivity contribution < 1.29 is 9.90 Å². The van der Waals surface area contributed by atoms with Gasteiger partial charge in [-0.3, -0.25) is 0 Å². The Hall–Kier alpha value is -2.54. The van der Waals surface area contributed by atoms with Crippen LogP contribution in [-0.4, -0.2) is 15.6 Å². The molecule has 26 heavy (non-hydrogen) atoms. The lowest BCUT2D eigenvalue weighted by Crippen LogP contribution is -2.09. The summed E-state index contributed by atoms with van der Waals surface area (Å²) in [5, 5.41) is 9.68. The van der Waals surface area contributed by atoms with Crippen LogP contribution < -0.4 is 0 Å². The normalized spacial score (nSPS) is 15.0. The molecule has 1 saturated carbocycles. The molecule has 136 valence electrons. The van der Waals surface area contributed by atoms with E-state index in [1.807, 2.05) is 19.1 Å². The van der Waals surface area contributed by atoms with E-state index in [0.29, 0.717) is 17.7 Å². The molecule has 1 aromatic carbocycles. The predicted octanol–water partition coefficient (Wildman–Crippen LogP) is 5.63. The zero-order valence-electron chi connectivity index (χ0n) is 15.6. The Morgan fingerprint density at radius 3 is 2.42 bits per heavy atom. The van der Waals surface area contributed by atoms with Gasteiger partial charge in [-0.25, -0.2) is 9.64 Å². The number of hydrogen-bond donors (Lipinski definition) is 1. The second kappa shape index (κ2) is 7.78. The number of rotatable bonds is 5. The van der Waals surface area contributed by atoms with Crippen molar-refractivity contribution in [1.29, 1.82) is 0 Å². The minimum atomic E-state index is -0.988. The lowest BCUT2D eigenvalue weighted by Gasteiger charge is -2.21. The summed E-state index contributed by atoms with van der Waals surface area (Å²) in [6, 6.07) is 8.16. The molecule has 0 spiro atoms. The Labute approximate surface area is 155 Å². The van der Waals surface area contributed by atoms with Gasteiger partial charge in [-0.2, -0.15) is 0 Å². The minimum absolute atomic E-state index is 0.202. The van der Waals surface area contributed by atoms with E-state index in [4.69, 9.17) is 6.57 Å². The molecule has 0 saturated heterocycles. The van der Waals surface area contributed by atoms with E-state index in [1.165, 1.54) is 37.7 Å². The quantitative estimate of drug-likeness (QED) is 0.711. The van der Waals surface area contributed by atoms with Crippen LogP contribution in [0.4, 0.5) is 5.69 Å². The highest BCUT2D eigenvalue weighted by atomic mass is 16.4. The topological polar surface area (TPSA) is 46.6 Å². The minimum Gasteiger partial charge on any atom is -0.477 e. The number of aromatic nitrogens is 1. The van der Waals surface area contributed by atoms with Crippen LogP contribution in [0.5, 0.6) is 0 Å². The van der Waals surface area contributed by atoms with Crippen molar-refractivity contribution in [3.8, 4) is 11.1 Å². The first-order chi connectivity index (χ1) is 12.6. The molecule has 4 nitrogen and oxygen atoms in total. The summed E-state index contributed by atoms with van der Waals surface area (Å²) >= 11 is 0. The van der Waals surface area contributed by atoms with Crippen LogP contribution in [0.2, 0.25) is 0 Å². The summed E-state index contributed by atoms with van der Waals surface area (Å²) in [6.07, 6.45) is 8.38. The summed E-state index contributed by atoms with van der Waals surface area (Å²) in [6.45, 7) is 9.51. The Bertz CT molecular complexity index is 835. The van der Waals surface area contributed by atoms with Crippen LogP contribution in [-0.2, 0) is 19.9 Å². The first-order valence-corrected chi connectivity index (χ1v) is 9.48. The zero-order valence-corrected chi connectivity index (χ0v) is 15.6. The number of carbonyl (C=O) groups is 1. The Morgan fingerprint density at radius 2 is 1.88 bits per heavy atom. The van der Waals surface area contributed by atoms with Gasteiger partial charge in [-0.15, -0.1) is 0 Å². The Morgan fingerprint density at radius 1 is 1.23 bits per heavy atom. The second-order valence-corrected chi connectivity index (χ2v) is 7.25. The van der Waals surface area contributed by atoms with E-state index in [2.05, 4.69) is 17.0 Å². The second-order valence-electron chi connectivity index (χ2n) is 7.25. The van der Waals surface area contributed by atoms with E-state index in [0.717, 1.165) is 23.6 Å². The summed E-state index contributed by atoms with van der Waals surface area (Å²) < 4.78 is 1.65. The molecule has 1 fully saturated rings. The van der Waals surface area contributed by atoms with Crippen LogP contribution in [0.3, 0.4) is 0 Å². The number of carboxylic acids is 1. The van der Waals surface area contributed by atoms with Gasteiger partial charge >= 0.3 is 5.97 Å². The molecule has 0 atom stereocenters. The third-order valence-corrected chi connectivity index (χ3v) is 5.63. The number of benzene rings is 1. The highest BCUT2D eigenvalue weighted by Gasteiger charge is 2.25. The highest BCUT2D eigenvalue weighted by molar-refractivity contribution is 6.00. The number of hydrogen-bond acceptors (Lipinski definition) is 1. The van der Waals surface area contributed by atoms with E-state index in [9.17, 15) is 9.90 Å². The third-order valence-electron chi connectivity index (χ3n) is 5.63. The SMILES string of the molecule is [C-]#[N+]c1c(-c2ccc(CC3CCCCC3)cc2)c(C(=O)O)n(C)c1CC. The van der Waals surface area contributed by atoms with Gasteiger partial charge in [0, 0.05) is 18.3 Å². The zero-order chi connectivity index (χ0) is 18.7. The Kier molecular flexibility index (Phi) is 5.46. The van der Waals surface area contributed by atoms with Gasteiger partial charge in [0.25, 0.3) is 0 Å². The molecule has 4 heteroatoms. The maximum absolute atomic E-state index is 11.8. The fourth-order valence-corrected chi connectivity index (χ4v) is 4.30. The number of carboxylic acid groups (broad SMARTS) is 1. The van der Waals surface area contributed by atoms with E-state index < -0.39 is 5.97 Å². The lowest BCUT2D eigenvalue weighted by molar-refractivity contribution is 0.0687. The molecule has 0 aliphatic heterocycles. The Balaban J connectivity index is 1.96. The van der Waals surface area contributed by atoms with Gasteiger partial charge in [0.15, 0.2) is 0 Å². The average molecular weight is 350 g/mol. The summed E-state index contributed by atoms with van der Waals surface area (Å²) in [5.74, 6) is -0.218. The smallest absolute Gasteiger partial charge is 0.351 e. The van der Waals surface area contributed by atoms with Gasteiger partial charge in [0.2, 0.25) is 5.69 Å². The highest BCUT2D eigenvalue weighted by Crippen LogP contribution is 2.39. The molecule has 3 rings (SSSR count). The maximum Gasteiger partial charge on any atom is 0.351 e. The van der Waals surface area contributed by atoms with Gasteiger partial charge in [0.05, 0.1) is 6.57 Å². The fourth-order valence-electron chi connectivity index (χ4n) is 4.30. The van der Waals surface area contributed by atoms with Crippen molar-refractivity contribution in [3.05, 3.63) is 52.6 Å². The molecule has 1 heterocycles. The molecule has 1 N–H and O–H groups in total. The molecule has 1 aromatic heterocycles. The lowest BCUT2D eigenvalue weighted by atomic mass is 9.84. The van der Waals surface area contributed by atoms with E-state index in [-0.39, 0.29) is 5.69 Å². The molecule has 0 radical (unpaired) electrons. The number of aromatic carboxylic acids is 1. The average Bonchev–Trinajstić information content (AvgIpc) is 2.94. The first-order valence-electron chi connectivity index (χ1n) is 9.48. The van der Waals surface area contributed by atoms with Gasteiger partial charge < -0.3 is 9.67 Å². The first kappa shape index (κ1) is 18.3. The molecular weight excluding hydrogens is 324 g/mol. The van der Waals surface area contributed by atoms with Crippen LogP contribution in [0.25, 0.3) is 16.0 Å². The van der Waals surface area contributed by atoms with E-state index >= 15 is 0 Å². The van der Waals surface area contributed by atoms with Crippen molar-refractivity contribution in [2.45, 2.75) is 51.9 Å². The third kappa shape index (κ3) is 3.39. The maximum atomic E-state index is 11.8. The summed E-state index contributed by atoms with van der Waals surface area (Å²) in [5.41, 5.74) is 4.11. The fraction of sp³-hybridized carbons (Fsp3) is 0.455. The molecule has 2 aromatic rings. The van der Waals surface area contributed by atoms with Crippen LogP contribution >= 0.6 is 0 Å². The molecule has 1 aliphatic rings. The van der Waals surface area contributed by atoms with Crippen LogP contribution in [0.1, 0.15) is 60.8 Å². The summed E-state index contributed by atoms with van der Waals surface area (Å²) in [4.78, 5) is 15.5. The molecule has 1 aliphatic carbocycles. The van der Waals surface area contributed by atoms with Crippen LogP contribution in [0.15, 0.2) is 24.3 Å². The van der Waals surface area contributed by atoms with Gasteiger partial charge in [0.1, 0.15) is 5.69 Å². The molecule has 0 amide bonds. The summed E-state index contributed by atoms with van der Waals surface area (Å²) in [7, 11) is 1.73. The van der Waals surface area contributed by atoms with Crippen molar-refractivity contribution in [2.24, 2.45) is 13.0 Å². The standard InChI is InChI=1S/C22H26N2O2/c1-4-18-20(23-2)19(21(22(25)26)24(18)3)17-12-10-16(11-13-17)14-15-8-6-5-7-9-15/h10-13,15H,4-9,14H2,1,3H3,(H,25,26). The molecule has 0 unspecified atom stereocenters. The van der Waals surface area contributed by atoms with Crippen LogP contribution in [0, 0.1) is 12.5 Å². The van der Waals surface area contributed by atoms with Crippen molar-refractivity contribution in [2.75, 3.05) is 0 Å². The monoisotopic (exact) mass is 350 g/mol. The molecule has 0 bridgehead atoms.